The molecule has 0 aromatic carbocycles. The summed E-state index contributed by atoms with van der Waals surface area (Å²) >= 11 is 0. The Morgan fingerprint density at radius 3 is 2.65 bits per heavy atom. The SMILES string of the molecule is COC(=O)C(C)(C)C1CCCN(c2cccc(C(F)(F)F)n2)C1. The normalized spacial score (nSPS) is 19.6. The average Bonchev–Trinajstić information content (AvgIpc) is 2.53. The Bertz CT molecular complexity index is 573. The molecule has 1 fully saturated rings. The molecule has 1 atom stereocenters. The number of halogens is 3. The minimum absolute atomic E-state index is 0.0000397. The summed E-state index contributed by atoms with van der Waals surface area (Å²) in [5.74, 6) is -0.00779. The molecule has 2 heterocycles. The van der Waals surface area contributed by atoms with Gasteiger partial charge in [-0.2, -0.15) is 13.2 Å². The Hall–Kier alpha value is -1.79. The van der Waals surface area contributed by atoms with Gasteiger partial charge in [0.15, 0.2) is 0 Å². The van der Waals surface area contributed by atoms with E-state index < -0.39 is 17.3 Å². The first-order valence-corrected chi connectivity index (χ1v) is 7.54. The van der Waals surface area contributed by atoms with Crippen molar-refractivity contribution in [3.05, 3.63) is 23.9 Å². The van der Waals surface area contributed by atoms with Gasteiger partial charge < -0.3 is 9.64 Å². The Morgan fingerprint density at radius 2 is 2.04 bits per heavy atom. The molecule has 1 saturated heterocycles. The van der Waals surface area contributed by atoms with Crippen LogP contribution >= 0.6 is 0 Å². The zero-order valence-electron chi connectivity index (χ0n) is 13.5. The van der Waals surface area contributed by atoms with E-state index in [1.807, 2.05) is 18.7 Å². The molecule has 0 radical (unpaired) electrons. The number of hydrogen-bond donors (Lipinski definition) is 0. The van der Waals surface area contributed by atoms with E-state index in [2.05, 4.69) is 4.98 Å². The molecule has 1 aromatic heterocycles. The van der Waals surface area contributed by atoms with Crippen LogP contribution in [0.1, 0.15) is 32.4 Å². The molecule has 1 unspecified atom stereocenters. The van der Waals surface area contributed by atoms with Crippen molar-refractivity contribution in [1.29, 1.82) is 0 Å². The molecule has 0 N–H and O–H groups in total. The molecule has 0 spiro atoms. The zero-order chi connectivity index (χ0) is 17.3. The first-order chi connectivity index (χ1) is 10.7. The van der Waals surface area contributed by atoms with Crippen LogP contribution in [-0.2, 0) is 15.7 Å². The second-order valence-electron chi connectivity index (χ2n) is 6.38. The van der Waals surface area contributed by atoms with Crippen LogP contribution in [0.2, 0.25) is 0 Å². The fourth-order valence-corrected chi connectivity index (χ4v) is 2.96. The van der Waals surface area contributed by atoms with Crippen LogP contribution in [0.5, 0.6) is 0 Å². The van der Waals surface area contributed by atoms with Gasteiger partial charge in [0.25, 0.3) is 0 Å². The number of ether oxygens (including phenoxy) is 1. The number of carbonyl (C=O) groups excluding carboxylic acids is 1. The Balaban J connectivity index is 2.20. The predicted molar refractivity (Wildman–Crippen MR) is 80.0 cm³/mol. The number of anilines is 1. The van der Waals surface area contributed by atoms with Crippen LogP contribution in [0.4, 0.5) is 19.0 Å². The van der Waals surface area contributed by atoms with Crippen LogP contribution < -0.4 is 4.90 Å². The summed E-state index contributed by atoms with van der Waals surface area (Å²) in [6.07, 6.45) is -2.84. The van der Waals surface area contributed by atoms with Gasteiger partial charge in [-0.3, -0.25) is 4.79 Å². The summed E-state index contributed by atoms with van der Waals surface area (Å²) < 4.78 is 43.3. The van der Waals surface area contributed by atoms with Gasteiger partial charge in [0, 0.05) is 13.1 Å². The van der Waals surface area contributed by atoms with Crippen LogP contribution in [-0.4, -0.2) is 31.2 Å². The maximum atomic E-state index is 12.8. The third kappa shape index (κ3) is 3.76. The maximum absolute atomic E-state index is 12.8. The van der Waals surface area contributed by atoms with E-state index in [1.165, 1.54) is 13.2 Å². The van der Waals surface area contributed by atoms with Crippen molar-refractivity contribution in [3.63, 3.8) is 0 Å². The van der Waals surface area contributed by atoms with Gasteiger partial charge in [-0.1, -0.05) is 6.07 Å². The van der Waals surface area contributed by atoms with Gasteiger partial charge in [0.1, 0.15) is 11.5 Å². The Kier molecular flexibility index (Phi) is 4.87. The molecule has 1 aliphatic heterocycles. The van der Waals surface area contributed by atoms with Gasteiger partial charge in [-0.05, 0) is 44.7 Å². The topological polar surface area (TPSA) is 42.4 Å². The van der Waals surface area contributed by atoms with E-state index >= 15 is 0 Å². The fraction of sp³-hybridized carbons (Fsp3) is 0.625. The second kappa shape index (κ2) is 6.37. The first-order valence-electron chi connectivity index (χ1n) is 7.54. The van der Waals surface area contributed by atoms with Crippen molar-refractivity contribution in [2.24, 2.45) is 11.3 Å². The summed E-state index contributed by atoms with van der Waals surface area (Å²) in [5.41, 5.74) is -1.58. The van der Waals surface area contributed by atoms with Gasteiger partial charge in [0.05, 0.1) is 12.5 Å². The highest BCUT2D eigenvalue weighted by atomic mass is 19.4. The number of nitrogens with zero attached hydrogens (tertiary/aromatic N) is 2. The minimum Gasteiger partial charge on any atom is -0.469 e. The lowest BCUT2D eigenvalue weighted by Gasteiger charge is -2.40. The van der Waals surface area contributed by atoms with E-state index in [-0.39, 0.29) is 11.9 Å². The van der Waals surface area contributed by atoms with Crippen LogP contribution in [0.15, 0.2) is 18.2 Å². The Labute approximate surface area is 133 Å². The van der Waals surface area contributed by atoms with Crippen LogP contribution in [0.3, 0.4) is 0 Å². The standard InChI is InChI=1S/C16H21F3N2O2/c1-15(2,14(22)23-3)11-6-5-9-21(10-11)13-8-4-7-12(20-13)16(17,18)19/h4,7-8,11H,5-6,9-10H2,1-3H3. The lowest BCUT2D eigenvalue weighted by molar-refractivity contribution is -0.154. The summed E-state index contributed by atoms with van der Waals surface area (Å²) in [4.78, 5) is 17.5. The van der Waals surface area contributed by atoms with Crippen molar-refractivity contribution in [1.82, 2.24) is 4.98 Å². The smallest absolute Gasteiger partial charge is 0.433 e. The number of carbonyl (C=O) groups is 1. The Morgan fingerprint density at radius 1 is 1.35 bits per heavy atom. The highest BCUT2D eigenvalue weighted by molar-refractivity contribution is 5.76. The quantitative estimate of drug-likeness (QED) is 0.796. The number of pyridine rings is 1. The fourth-order valence-electron chi connectivity index (χ4n) is 2.96. The molecule has 128 valence electrons. The van der Waals surface area contributed by atoms with E-state index in [1.54, 1.807) is 6.07 Å². The van der Waals surface area contributed by atoms with E-state index in [4.69, 9.17) is 4.74 Å². The molecule has 2 rings (SSSR count). The summed E-state index contributed by atoms with van der Waals surface area (Å²) in [6.45, 7) is 4.73. The van der Waals surface area contributed by atoms with Crippen LogP contribution in [0.25, 0.3) is 0 Å². The first kappa shape index (κ1) is 17.6. The third-order valence-corrected chi connectivity index (χ3v) is 4.50. The number of alkyl halides is 3. The number of hydrogen-bond acceptors (Lipinski definition) is 4. The average molecular weight is 330 g/mol. The summed E-state index contributed by atoms with van der Waals surface area (Å²) in [7, 11) is 1.35. The van der Waals surface area contributed by atoms with Crippen molar-refractivity contribution in [2.75, 3.05) is 25.1 Å². The van der Waals surface area contributed by atoms with E-state index in [9.17, 15) is 18.0 Å². The summed E-state index contributed by atoms with van der Waals surface area (Å²) in [5, 5.41) is 0. The molecule has 0 aliphatic carbocycles. The van der Waals surface area contributed by atoms with Crippen molar-refractivity contribution in [2.45, 2.75) is 32.9 Å². The third-order valence-electron chi connectivity index (χ3n) is 4.50. The molecule has 7 heteroatoms. The highest BCUT2D eigenvalue weighted by Crippen LogP contribution is 2.36. The van der Waals surface area contributed by atoms with Crippen molar-refractivity contribution in [3.8, 4) is 0 Å². The number of aromatic nitrogens is 1. The van der Waals surface area contributed by atoms with E-state index in [0.29, 0.717) is 18.9 Å². The largest absolute Gasteiger partial charge is 0.469 e. The number of esters is 1. The number of piperidine rings is 1. The maximum Gasteiger partial charge on any atom is 0.433 e. The molecule has 1 aliphatic rings. The zero-order valence-corrected chi connectivity index (χ0v) is 13.5. The molecular weight excluding hydrogens is 309 g/mol. The summed E-state index contributed by atoms with van der Waals surface area (Å²) in [6, 6.07) is 3.90. The second-order valence-corrected chi connectivity index (χ2v) is 6.38. The number of methoxy groups -OCH3 is 1. The van der Waals surface area contributed by atoms with Gasteiger partial charge in [-0.15, -0.1) is 0 Å². The molecule has 0 bridgehead atoms. The van der Waals surface area contributed by atoms with Gasteiger partial charge in [0.2, 0.25) is 0 Å². The lowest BCUT2D eigenvalue weighted by Crippen LogP contribution is -2.45. The van der Waals surface area contributed by atoms with Crippen molar-refractivity contribution < 1.29 is 22.7 Å². The molecule has 4 nitrogen and oxygen atoms in total. The van der Waals surface area contributed by atoms with Gasteiger partial charge in [-0.25, -0.2) is 4.98 Å². The molecule has 1 aromatic rings. The molecular formula is C16H21F3N2O2. The van der Waals surface area contributed by atoms with Gasteiger partial charge >= 0.3 is 12.1 Å². The molecule has 0 saturated carbocycles. The van der Waals surface area contributed by atoms with Crippen molar-refractivity contribution >= 4 is 11.8 Å². The van der Waals surface area contributed by atoms with Crippen LogP contribution in [0, 0.1) is 11.3 Å². The lowest BCUT2D eigenvalue weighted by atomic mass is 9.74. The van der Waals surface area contributed by atoms with E-state index in [0.717, 1.165) is 18.9 Å². The number of rotatable bonds is 3. The predicted octanol–water partition coefficient (Wildman–Crippen LogP) is 3.52. The molecule has 23 heavy (non-hydrogen) atoms. The minimum atomic E-state index is -4.46. The highest BCUT2D eigenvalue weighted by Gasteiger charge is 2.40. The molecule has 0 amide bonds. The monoisotopic (exact) mass is 330 g/mol.